The molecule has 1 aromatic carbocycles. The first-order valence-corrected chi connectivity index (χ1v) is 9.91. The number of hydrogen-bond acceptors (Lipinski definition) is 7. The summed E-state index contributed by atoms with van der Waals surface area (Å²) < 4.78 is 13.0. The van der Waals surface area contributed by atoms with Crippen LogP contribution in [0.25, 0.3) is 16.6 Å². The van der Waals surface area contributed by atoms with Crippen LogP contribution in [0.2, 0.25) is 0 Å². The largest absolute Gasteiger partial charge is 0.493 e. The van der Waals surface area contributed by atoms with E-state index >= 15 is 0 Å². The van der Waals surface area contributed by atoms with E-state index < -0.39 is 0 Å². The van der Waals surface area contributed by atoms with E-state index in [1.165, 1.54) is 0 Å². The lowest BCUT2D eigenvalue weighted by Gasteiger charge is -2.33. The third-order valence-electron chi connectivity index (χ3n) is 5.57. The van der Waals surface area contributed by atoms with Crippen LogP contribution in [0.15, 0.2) is 12.1 Å². The Kier molecular flexibility index (Phi) is 5.32. The summed E-state index contributed by atoms with van der Waals surface area (Å²) in [5.41, 5.74) is 1.67. The Morgan fingerprint density at radius 3 is 2.21 bits per heavy atom. The molecule has 0 radical (unpaired) electrons. The second kappa shape index (κ2) is 7.89. The highest BCUT2D eigenvalue weighted by molar-refractivity contribution is 5.93. The van der Waals surface area contributed by atoms with Crippen molar-refractivity contribution in [3.8, 4) is 11.5 Å². The standard InChI is InChI=1S/C20H28N6O2/c1-5-18-21-15-12-17(28-4)16(27-3)11-14(15)20-23-22-19(26(18)20)13-25-9-7-24(6-2)8-10-25/h11-12H,5-10,13H2,1-4H3. The molecule has 1 fully saturated rings. The van der Waals surface area contributed by atoms with Gasteiger partial charge in [0.05, 0.1) is 26.3 Å². The predicted octanol–water partition coefficient (Wildman–Crippen LogP) is 1.99. The average Bonchev–Trinajstić information content (AvgIpc) is 3.16. The summed E-state index contributed by atoms with van der Waals surface area (Å²) in [7, 11) is 3.27. The summed E-state index contributed by atoms with van der Waals surface area (Å²) in [6.07, 6.45) is 0.801. The lowest BCUT2D eigenvalue weighted by atomic mass is 10.2. The Bertz CT molecular complexity index is 978. The molecule has 1 aliphatic heterocycles. The molecule has 1 aliphatic rings. The van der Waals surface area contributed by atoms with Crippen LogP contribution in [0.5, 0.6) is 11.5 Å². The summed E-state index contributed by atoms with van der Waals surface area (Å²) in [6.45, 7) is 10.5. The van der Waals surface area contributed by atoms with Gasteiger partial charge in [0.25, 0.3) is 0 Å². The fraction of sp³-hybridized carbons (Fsp3) is 0.550. The highest BCUT2D eigenvalue weighted by atomic mass is 16.5. The van der Waals surface area contributed by atoms with Crippen LogP contribution >= 0.6 is 0 Å². The van der Waals surface area contributed by atoms with Crippen LogP contribution < -0.4 is 9.47 Å². The molecule has 150 valence electrons. The summed E-state index contributed by atoms with van der Waals surface area (Å²) >= 11 is 0. The van der Waals surface area contributed by atoms with Crippen molar-refractivity contribution < 1.29 is 9.47 Å². The second-order valence-corrected chi connectivity index (χ2v) is 7.09. The highest BCUT2D eigenvalue weighted by Crippen LogP contribution is 2.33. The summed E-state index contributed by atoms with van der Waals surface area (Å²) in [5.74, 6) is 3.24. The Labute approximate surface area is 165 Å². The van der Waals surface area contributed by atoms with Crippen molar-refractivity contribution in [2.24, 2.45) is 0 Å². The number of benzene rings is 1. The van der Waals surface area contributed by atoms with Gasteiger partial charge in [0.15, 0.2) is 23.0 Å². The smallest absolute Gasteiger partial charge is 0.171 e. The zero-order chi connectivity index (χ0) is 19.7. The third kappa shape index (κ3) is 3.27. The molecule has 0 unspecified atom stereocenters. The number of hydrogen-bond donors (Lipinski definition) is 0. The van der Waals surface area contributed by atoms with Gasteiger partial charge in [-0.2, -0.15) is 0 Å². The van der Waals surface area contributed by atoms with Crippen molar-refractivity contribution >= 4 is 16.6 Å². The lowest BCUT2D eigenvalue weighted by Crippen LogP contribution is -2.45. The third-order valence-corrected chi connectivity index (χ3v) is 5.57. The van der Waals surface area contributed by atoms with Crippen molar-refractivity contribution in [2.75, 3.05) is 46.9 Å². The van der Waals surface area contributed by atoms with Crippen LogP contribution in [-0.2, 0) is 13.0 Å². The fourth-order valence-electron chi connectivity index (χ4n) is 3.89. The fourth-order valence-corrected chi connectivity index (χ4v) is 3.89. The van der Waals surface area contributed by atoms with Crippen LogP contribution in [0.3, 0.4) is 0 Å². The van der Waals surface area contributed by atoms with Crippen molar-refractivity contribution in [3.63, 3.8) is 0 Å². The number of piperazine rings is 1. The molecule has 3 aromatic rings. The molecule has 8 nitrogen and oxygen atoms in total. The number of ether oxygens (including phenoxy) is 2. The van der Waals surface area contributed by atoms with Gasteiger partial charge in [0.1, 0.15) is 5.82 Å². The van der Waals surface area contributed by atoms with E-state index in [4.69, 9.17) is 14.5 Å². The molecular weight excluding hydrogens is 356 g/mol. The minimum absolute atomic E-state index is 0.669. The molecule has 28 heavy (non-hydrogen) atoms. The number of rotatable bonds is 6. The first-order valence-electron chi connectivity index (χ1n) is 9.91. The van der Waals surface area contributed by atoms with Gasteiger partial charge in [0, 0.05) is 44.1 Å². The van der Waals surface area contributed by atoms with Gasteiger partial charge in [0.2, 0.25) is 0 Å². The van der Waals surface area contributed by atoms with Gasteiger partial charge >= 0.3 is 0 Å². The molecule has 8 heteroatoms. The van der Waals surface area contributed by atoms with Gasteiger partial charge in [-0.15, -0.1) is 10.2 Å². The second-order valence-electron chi connectivity index (χ2n) is 7.09. The highest BCUT2D eigenvalue weighted by Gasteiger charge is 2.21. The number of aryl methyl sites for hydroxylation is 1. The molecule has 1 saturated heterocycles. The summed E-state index contributed by atoms with van der Waals surface area (Å²) in [5, 5.41) is 9.97. The van der Waals surface area contributed by atoms with Gasteiger partial charge in [-0.3, -0.25) is 9.30 Å². The molecular formula is C20H28N6O2. The average molecular weight is 384 g/mol. The molecule has 0 amide bonds. The Morgan fingerprint density at radius 1 is 0.893 bits per heavy atom. The van der Waals surface area contributed by atoms with Crippen LogP contribution in [0.1, 0.15) is 25.5 Å². The minimum Gasteiger partial charge on any atom is -0.493 e. The maximum Gasteiger partial charge on any atom is 0.171 e. The molecule has 2 aromatic heterocycles. The number of aromatic nitrogens is 4. The Hall–Kier alpha value is -2.45. The number of fused-ring (bicyclic) bond motifs is 3. The Morgan fingerprint density at radius 2 is 1.57 bits per heavy atom. The molecule has 0 N–H and O–H groups in total. The van der Waals surface area contributed by atoms with E-state index in [1.807, 2.05) is 12.1 Å². The maximum atomic E-state index is 5.48. The number of methoxy groups -OCH3 is 2. The van der Waals surface area contributed by atoms with E-state index in [1.54, 1.807) is 14.2 Å². The van der Waals surface area contributed by atoms with E-state index in [0.29, 0.717) is 11.5 Å². The van der Waals surface area contributed by atoms with Crippen LogP contribution in [-0.4, -0.2) is 76.3 Å². The molecule has 0 aliphatic carbocycles. The maximum absolute atomic E-state index is 5.48. The Balaban J connectivity index is 1.76. The lowest BCUT2D eigenvalue weighted by molar-refractivity contribution is 0.129. The van der Waals surface area contributed by atoms with Crippen molar-refractivity contribution in [1.29, 1.82) is 0 Å². The van der Waals surface area contributed by atoms with Crippen molar-refractivity contribution in [3.05, 3.63) is 23.8 Å². The summed E-state index contributed by atoms with van der Waals surface area (Å²) in [4.78, 5) is 9.80. The van der Waals surface area contributed by atoms with E-state index in [2.05, 4.69) is 38.2 Å². The SMILES string of the molecule is CCc1nc2cc(OC)c(OC)cc2c2nnc(CN3CCN(CC)CC3)n12. The van der Waals surface area contributed by atoms with E-state index in [-0.39, 0.29) is 0 Å². The molecule has 0 bridgehead atoms. The minimum atomic E-state index is 0.669. The molecule has 0 spiro atoms. The number of nitrogens with zero attached hydrogens (tertiary/aromatic N) is 6. The van der Waals surface area contributed by atoms with E-state index in [9.17, 15) is 0 Å². The molecule has 0 atom stereocenters. The van der Waals surface area contributed by atoms with Gasteiger partial charge in [-0.05, 0) is 12.6 Å². The normalized spacial score (nSPS) is 16.1. The summed E-state index contributed by atoms with van der Waals surface area (Å²) in [6, 6.07) is 3.85. The zero-order valence-electron chi connectivity index (χ0n) is 17.1. The predicted molar refractivity (Wildman–Crippen MR) is 108 cm³/mol. The first-order chi connectivity index (χ1) is 13.7. The molecule has 4 rings (SSSR count). The molecule has 3 heterocycles. The van der Waals surface area contributed by atoms with E-state index in [0.717, 1.165) is 73.9 Å². The van der Waals surface area contributed by atoms with Crippen LogP contribution in [0.4, 0.5) is 0 Å². The van der Waals surface area contributed by atoms with Gasteiger partial charge in [-0.1, -0.05) is 13.8 Å². The van der Waals surface area contributed by atoms with Gasteiger partial charge < -0.3 is 14.4 Å². The topological polar surface area (TPSA) is 68.0 Å². The van der Waals surface area contributed by atoms with Crippen LogP contribution in [0, 0.1) is 0 Å². The van der Waals surface area contributed by atoms with Gasteiger partial charge in [-0.25, -0.2) is 4.98 Å². The van der Waals surface area contributed by atoms with Crippen molar-refractivity contribution in [2.45, 2.75) is 26.8 Å². The molecule has 0 saturated carbocycles. The monoisotopic (exact) mass is 384 g/mol. The van der Waals surface area contributed by atoms with Crippen molar-refractivity contribution in [1.82, 2.24) is 29.4 Å². The first kappa shape index (κ1) is 18.9. The quantitative estimate of drug-likeness (QED) is 0.644. The number of likely N-dealkylation sites (N-methyl/N-ethyl adjacent to an activating group) is 1. The zero-order valence-corrected chi connectivity index (χ0v) is 17.1.